The van der Waals surface area contributed by atoms with Crippen molar-refractivity contribution in [2.75, 3.05) is 20.3 Å². The summed E-state index contributed by atoms with van der Waals surface area (Å²) in [5.74, 6) is 0.712. The van der Waals surface area contributed by atoms with E-state index in [9.17, 15) is 4.79 Å². The van der Waals surface area contributed by atoms with Crippen LogP contribution in [0.3, 0.4) is 0 Å². The topological polar surface area (TPSA) is 74.3 Å². The molecule has 5 heteroatoms. The van der Waals surface area contributed by atoms with Gasteiger partial charge in [0.1, 0.15) is 5.75 Å². The smallest absolute Gasteiger partial charge is 0.252 e. The number of H-pyrrole nitrogens is 1. The molecule has 1 aromatic heterocycles. The molecular weight excluding hydrogens is 232 g/mol. The molecule has 3 N–H and O–H groups in total. The largest absolute Gasteiger partial charge is 0.497 e. The maximum absolute atomic E-state index is 11.8. The first-order valence-corrected chi connectivity index (χ1v) is 5.76. The van der Waals surface area contributed by atoms with Crippen molar-refractivity contribution in [1.82, 2.24) is 10.3 Å². The molecule has 0 aliphatic carbocycles. The number of fused-ring (bicyclic) bond motifs is 1. The second-order valence-electron chi connectivity index (χ2n) is 3.98. The maximum atomic E-state index is 11.8. The van der Waals surface area contributed by atoms with Gasteiger partial charge in [0, 0.05) is 24.7 Å². The van der Waals surface area contributed by atoms with Gasteiger partial charge in [0.2, 0.25) is 0 Å². The maximum Gasteiger partial charge on any atom is 0.252 e. The summed E-state index contributed by atoms with van der Waals surface area (Å²) in [7, 11) is 1.59. The Morgan fingerprint density at radius 1 is 1.39 bits per heavy atom. The lowest BCUT2D eigenvalue weighted by Crippen LogP contribution is -2.23. The number of ether oxygens (including phenoxy) is 1. The number of methoxy groups -OCH3 is 1. The fourth-order valence-corrected chi connectivity index (χ4v) is 1.79. The number of aliphatic hydroxyl groups excluding tert-OH is 1. The number of benzene rings is 1. The lowest BCUT2D eigenvalue weighted by atomic mass is 10.1. The van der Waals surface area contributed by atoms with E-state index in [1.807, 2.05) is 18.2 Å². The Bertz CT molecular complexity index is 592. The minimum absolute atomic E-state index is 0.0582. The Hall–Kier alpha value is -1.85. The quantitative estimate of drug-likeness (QED) is 0.678. The first kappa shape index (κ1) is 12.6. The predicted molar refractivity (Wildman–Crippen MR) is 69.9 cm³/mol. The minimum Gasteiger partial charge on any atom is -0.497 e. The van der Waals surface area contributed by atoms with E-state index in [4.69, 9.17) is 9.84 Å². The van der Waals surface area contributed by atoms with Crippen LogP contribution in [-0.4, -0.2) is 30.4 Å². The molecule has 0 aliphatic heterocycles. The Morgan fingerprint density at radius 3 is 2.94 bits per heavy atom. The van der Waals surface area contributed by atoms with Crippen molar-refractivity contribution >= 4 is 10.9 Å². The summed E-state index contributed by atoms with van der Waals surface area (Å²) in [5.41, 5.74) is 1.28. The molecule has 0 radical (unpaired) electrons. The van der Waals surface area contributed by atoms with Gasteiger partial charge >= 0.3 is 0 Å². The van der Waals surface area contributed by atoms with E-state index in [2.05, 4.69) is 10.3 Å². The van der Waals surface area contributed by atoms with Crippen molar-refractivity contribution in [1.29, 1.82) is 0 Å². The van der Waals surface area contributed by atoms with Crippen molar-refractivity contribution in [3.05, 3.63) is 40.2 Å². The SMILES string of the molecule is COc1ccc2cc(CNCCO)c(=O)[nH]c2c1. The van der Waals surface area contributed by atoms with E-state index in [-0.39, 0.29) is 12.2 Å². The van der Waals surface area contributed by atoms with Crippen LogP contribution in [0.15, 0.2) is 29.1 Å². The lowest BCUT2D eigenvalue weighted by Gasteiger charge is -2.06. The number of hydrogen-bond donors (Lipinski definition) is 3. The molecule has 2 aromatic rings. The van der Waals surface area contributed by atoms with Gasteiger partial charge in [-0.2, -0.15) is 0 Å². The van der Waals surface area contributed by atoms with Crippen LogP contribution in [0, 0.1) is 0 Å². The molecule has 0 unspecified atom stereocenters. The van der Waals surface area contributed by atoms with Gasteiger partial charge in [0.15, 0.2) is 0 Å². The van der Waals surface area contributed by atoms with Crippen molar-refractivity contribution in [2.24, 2.45) is 0 Å². The average Bonchev–Trinajstić information content (AvgIpc) is 2.39. The first-order valence-electron chi connectivity index (χ1n) is 5.76. The van der Waals surface area contributed by atoms with Crippen LogP contribution in [0.4, 0.5) is 0 Å². The van der Waals surface area contributed by atoms with Gasteiger partial charge in [0.25, 0.3) is 5.56 Å². The highest BCUT2D eigenvalue weighted by molar-refractivity contribution is 5.80. The molecule has 0 atom stereocenters. The van der Waals surface area contributed by atoms with Crippen molar-refractivity contribution in [3.8, 4) is 5.75 Å². The highest BCUT2D eigenvalue weighted by Crippen LogP contribution is 2.18. The Labute approximate surface area is 104 Å². The zero-order chi connectivity index (χ0) is 13.0. The number of aromatic amines is 1. The Kier molecular flexibility index (Phi) is 3.96. The number of nitrogens with one attached hydrogen (secondary N) is 2. The number of rotatable bonds is 5. The molecule has 5 nitrogen and oxygen atoms in total. The zero-order valence-electron chi connectivity index (χ0n) is 10.2. The molecule has 0 fully saturated rings. The third-order valence-corrected chi connectivity index (χ3v) is 2.73. The van der Waals surface area contributed by atoms with Crippen LogP contribution in [0.2, 0.25) is 0 Å². The number of hydrogen-bond acceptors (Lipinski definition) is 4. The third-order valence-electron chi connectivity index (χ3n) is 2.73. The van der Waals surface area contributed by atoms with Crippen LogP contribution in [-0.2, 0) is 6.54 Å². The molecular formula is C13H16N2O3. The van der Waals surface area contributed by atoms with Gasteiger partial charge in [-0.15, -0.1) is 0 Å². The molecule has 2 rings (SSSR count). The van der Waals surface area contributed by atoms with Crippen molar-refractivity contribution in [2.45, 2.75) is 6.54 Å². The summed E-state index contributed by atoms with van der Waals surface area (Å²) < 4.78 is 5.11. The van der Waals surface area contributed by atoms with E-state index in [1.165, 1.54) is 0 Å². The Balaban J connectivity index is 2.34. The molecule has 0 aliphatic rings. The van der Waals surface area contributed by atoms with Crippen LogP contribution in [0.25, 0.3) is 10.9 Å². The summed E-state index contributed by atoms with van der Waals surface area (Å²) in [6.45, 7) is 0.973. The Morgan fingerprint density at radius 2 is 2.22 bits per heavy atom. The molecule has 18 heavy (non-hydrogen) atoms. The van der Waals surface area contributed by atoms with Crippen LogP contribution in [0.1, 0.15) is 5.56 Å². The predicted octanol–water partition coefficient (Wildman–Crippen LogP) is 0.619. The average molecular weight is 248 g/mol. The van der Waals surface area contributed by atoms with E-state index >= 15 is 0 Å². The second-order valence-corrected chi connectivity index (χ2v) is 3.98. The number of aliphatic hydroxyl groups is 1. The van der Waals surface area contributed by atoms with Crippen molar-refractivity contribution < 1.29 is 9.84 Å². The standard InChI is InChI=1S/C13H16N2O3/c1-18-11-3-2-9-6-10(8-14-4-5-16)13(17)15-12(9)7-11/h2-3,6-7,14,16H,4-5,8H2,1H3,(H,15,17). The molecule has 0 spiro atoms. The van der Waals surface area contributed by atoms with Gasteiger partial charge in [-0.25, -0.2) is 0 Å². The highest BCUT2D eigenvalue weighted by Gasteiger charge is 2.03. The summed E-state index contributed by atoms with van der Waals surface area (Å²) in [6, 6.07) is 7.39. The zero-order valence-corrected chi connectivity index (χ0v) is 10.2. The van der Waals surface area contributed by atoms with E-state index in [1.54, 1.807) is 13.2 Å². The van der Waals surface area contributed by atoms with Gasteiger partial charge in [-0.05, 0) is 23.6 Å². The van der Waals surface area contributed by atoms with E-state index < -0.39 is 0 Å². The fourth-order valence-electron chi connectivity index (χ4n) is 1.79. The summed E-state index contributed by atoms with van der Waals surface area (Å²) >= 11 is 0. The molecule has 1 heterocycles. The molecule has 96 valence electrons. The molecule has 0 saturated heterocycles. The van der Waals surface area contributed by atoms with Crippen LogP contribution < -0.4 is 15.6 Å². The van der Waals surface area contributed by atoms with Gasteiger partial charge in [0.05, 0.1) is 19.2 Å². The van der Waals surface area contributed by atoms with Gasteiger partial charge in [-0.3, -0.25) is 4.79 Å². The second kappa shape index (κ2) is 5.66. The summed E-state index contributed by atoms with van der Waals surface area (Å²) in [6.07, 6.45) is 0. The normalized spacial score (nSPS) is 10.8. The summed E-state index contributed by atoms with van der Waals surface area (Å²) in [5, 5.41) is 12.6. The first-order chi connectivity index (χ1) is 8.74. The van der Waals surface area contributed by atoms with Crippen LogP contribution >= 0.6 is 0 Å². The minimum atomic E-state index is -0.124. The van der Waals surface area contributed by atoms with E-state index in [0.717, 1.165) is 10.9 Å². The van der Waals surface area contributed by atoms with Gasteiger partial charge in [-0.1, -0.05) is 0 Å². The number of aromatic nitrogens is 1. The molecule has 1 aromatic carbocycles. The monoisotopic (exact) mass is 248 g/mol. The molecule has 0 saturated carbocycles. The summed E-state index contributed by atoms with van der Waals surface area (Å²) in [4.78, 5) is 14.6. The lowest BCUT2D eigenvalue weighted by molar-refractivity contribution is 0.292. The fraction of sp³-hybridized carbons (Fsp3) is 0.308. The number of pyridine rings is 1. The third kappa shape index (κ3) is 2.69. The van der Waals surface area contributed by atoms with Gasteiger partial charge < -0.3 is 20.1 Å². The van der Waals surface area contributed by atoms with Crippen molar-refractivity contribution in [3.63, 3.8) is 0 Å². The molecule has 0 amide bonds. The van der Waals surface area contributed by atoms with E-state index in [0.29, 0.717) is 24.4 Å². The van der Waals surface area contributed by atoms with Crippen LogP contribution in [0.5, 0.6) is 5.75 Å². The molecule has 0 bridgehead atoms. The highest BCUT2D eigenvalue weighted by atomic mass is 16.5.